The summed E-state index contributed by atoms with van der Waals surface area (Å²) in [5, 5.41) is 3.90. The van der Waals surface area contributed by atoms with Crippen LogP contribution in [-0.4, -0.2) is 76.2 Å². The zero-order valence-corrected chi connectivity index (χ0v) is 27.9. The summed E-state index contributed by atoms with van der Waals surface area (Å²) in [5.41, 5.74) is 5.46. The van der Waals surface area contributed by atoms with Gasteiger partial charge in [0.05, 0.1) is 48.9 Å². The topological polar surface area (TPSA) is 112 Å². The maximum absolute atomic E-state index is 13.5. The monoisotopic (exact) mass is 638 g/mol. The number of ether oxygens (including phenoxy) is 3. The third kappa shape index (κ3) is 6.03. The van der Waals surface area contributed by atoms with Gasteiger partial charge in [-0.1, -0.05) is 12.1 Å². The number of amides is 2. The van der Waals surface area contributed by atoms with Gasteiger partial charge in [-0.15, -0.1) is 0 Å². The Morgan fingerprint density at radius 2 is 1.79 bits per heavy atom. The van der Waals surface area contributed by atoms with Gasteiger partial charge in [0.25, 0.3) is 5.91 Å². The smallest absolute Gasteiger partial charge is 0.272 e. The van der Waals surface area contributed by atoms with Gasteiger partial charge in [0, 0.05) is 62.9 Å². The Labute approximate surface area is 274 Å². The van der Waals surface area contributed by atoms with Crippen LogP contribution in [0.5, 0.6) is 11.5 Å². The SMILES string of the molecule is COCCN(C(C)=O)C1CCC(c2nc(-c3ccc(NC(=O)c4cc5c(OC)cccc5n4C)c(OC)c3)c3c(C)nccn23)CC1. The molecule has 11 heteroatoms. The maximum Gasteiger partial charge on any atom is 0.272 e. The number of rotatable bonds is 10. The summed E-state index contributed by atoms with van der Waals surface area (Å²) in [7, 11) is 6.74. The Bertz CT molecular complexity index is 1940. The molecule has 0 saturated heterocycles. The van der Waals surface area contributed by atoms with Crippen LogP contribution >= 0.6 is 0 Å². The van der Waals surface area contributed by atoms with Crippen LogP contribution in [0, 0.1) is 6.92 Å². The van der Waals surface area contributed by atoms with Crippen LogP contribution in [0.2, 0.25) is 0 Å². The number of hydrogen-bond donors (Lipinski definition) is 1. The van der Waals surface area contributed by atoms with E-state index in [-0.39, 0.29) is 23.8 Å². The number of anilines is 1. The quantitative estimate of drug-likeness (QED) is 0.200. The van der Waals surface area contributed by atoms with Crippen LogP contribution in [0.3, 0.4) is 0 Å². The molecule has 6 rings (SSSR count). The van der Waals surface area contributed by atoms with Crippen LogP contribution < -0.4 is 14.8 Å². The van der Waals surface area contributed by atoms with Gasteiger partial charge in [-0.2, -0.15) is 0 Å². The fourth-order valence-electron chi connectivity index (χ4n) is 7.00. The molecule has 246 valence electrons. The highest BCUT2D eigenvalue weighted by Gasteiger charge is 2.31. The predicted molar refractivity (Wildman–Crippen MR) is 181 cm³/mol. The summed E-state index contributed by atoms with van der Waals surface area (Å²) < 4.78 is 20.5. The minimum Gasteiger partial charge on any atom is -0.496 e. The van der Waals surface area contributed by atoms with Crippen LogP contribution in [0.15, 0.2) is 54.9 Å². The number of methoxy groups -OCH3 is 3. The van der Waals surface area contributed by atoms with Crippen molar-refractivity contribution in [2.45, 2.75) is 51.5 Å². The lowest BCUT2D eigenvalue weighted by molar-refractivity contribution is -0.132. The van der Waals surface area contributed by atoms with Crippen molar-refractivity contribution in [2.75, 3.05) is 39.8 Å². The van der Waals surface area contributed by atoms with E-state index in [2.05, 4.69) is 14.7 Å². The van der Waals surface area contributed by atoms with Crippen LogP contribution in [0.25, 0.3) is 27.7 Å². The molecule has 0 atom stereocenters. The summed E-state index contributed by atoms with van der Waals surface area (Å²) in [4.78, 5) is 37.6. The Morgan fingerprint density at radius 3 is 2.49 bits per heavy atom. The highest BCUT2D eigenvalue weighted by atomic mass is 16.5. The van der Waals surface area contributed by atoms with Gasteiger partial charge < -0.3 is 29.0 Å². The molecule has 2 aromatic carbocycles. The van der Waals surface area contributed by atoms with Crippen LogP contribution in [0.4, 0.5) is 5.69 Å². The molecule has 2 amide bonds. The first kappa shape index (κ1) is 32.1. The third-order valence-corrected chi connectivity index (χ3v) is 9.43. The van der Waals surface area contributed by atoms with Gasteiger partial charge >= 0.3 is 0 Å². The number of nitrogens with one attached hydrogen (secondary N) is 1. The second kappa shape index (κ2) is 13.4. The van der Waals surface area contributed by atoms with E-state index in [1.54, 1.807) is 28.3 Å². The molecule has 0 aliphatic heterocycles. The first-order chi connectivity index (χ1) is 22.7. The second-order valence-electron chi connectivity index (χ2n) is 12.1. The molecule has 1 N–H and O–H groups in total. The number of fused-ring (bicyclic) bond motifs is 2. The molecule has 11 nitrogen and oxygen atoms in total. The molecular weight excluding hydrogens is 596 g/mol. The molecule has 0 bridgehead atoms. The van der Waals surface area contributed by atoms with E-state index in [9.17, 15) is 9.59 Å². The molecule has 0 unspecified atom stereocenters. The van der Waals surface area contributed by atoms with E-state index in [1.165, 1.54) is 0 Å². The number of carbonyl (C=O) groups excluding carboxylic acids is 2. The van der Waals surface area contributed by atoms with Crippen LogP contribution in [-0.2, 0) is 16.6 Å². The van der Waals surface area contributed by atoms with E-state index < -0.39 is 0 Å². The summed E-state index contributed by atoms with van der Waals surface area (Å²) in [5.74, 6) is 2.30. The molecule has 3 heterocycles. The zero-order chi connectivity index (χ0) is 33.2. The summed E-state index contributed by atoms with van der Waals surface area (Å²) in [6.45, 7) is 4.77. The first-order valence-electron chi connectivity index (χ1n) is 16.0. The summed E-state index contributed by atoms with van der Waals surface area (Å²) in [6.07, 6.45) is 7.46. The lowest BCUT2D eigenvalue weighted by Gasteiger charge is -2.36. The Hall–Kier alpha value is -4.90. The number of hydrogen-bond acceptors (Lipinski definition) is 7. The largest absolute Gasteiger partial charge is 0.496 e. The summed E-state index contributed by atoms with van der Waals surface area (Å²) in [6, 6.07) is 13.5. The number of carbonyl (C=O) groups is 2. The van der Waals surface area contributed by atoms with E-state index in [4.69, 9.17) is 19.2 Å². The minimum atomic E-state index is -0.257. The first-order valence-corrected chi connectivity index (χ1v) is 16.0. The van der Waals surface area contributed by atoms with Crippen molar-refractivity contribution in [3.8, 4) is 22.8 Å². The van der Waals surface area contributed by atoms with Crippen molar-refractivity contribution in [1.82, 2.24) is 23.8 Å². The highest BCUT2D eigenvalue weighted by Crippen LogP contribution is 2.39. The maximum atomic E-state index is 13.5. The Balaban J connectivity index is 1.28. The zero-order valence-electron chi connectivity index (χ0n) is 27.9. The molecular formula is C36H42N6O5. The van der Waals surface area contributed by atoms with E-state index in [1.807, 2.05) is 78.3 Å². The van der Waals surface area contributed by atoms with Gasteiger partial charge in [0.15, 0.2) is 0 Å². The molecule has 3 aromatic heterocycles. The molecule has 0 radical (unpaired) electrons. The van der Waals surface area contributed by atoms with Crippen molar-refractivity contribution in [2.24, 2.45) is 7.05 Å². The molecule has 1 fully saturated rings. The van der Waals surface area contributed by atoms with Gasteiger partial charge in [0.1, 0.15) is 23.0 Å². The normalized spacial score (nSPS) is 16.4. The number of nitrogens with zero attached hydrogens (tertiary/aromatic N) is 5. The summed E-state index contributed by atoms with van der Waals surface area (Å²) >= 11 is 0. The average molecular weight is 639 g/mol. The lowest BCUT2D eigenvalue weighted by Crippen LogP contribution is -2.42. The number of aromatic nitrogens is 4. The van der Waals surface area contributed by atoms with Crippen molar-refractivity contribution in [3.63, 3.8) is 0 Å². The number of aryl methyl sites for hydroxylation is 2. The fourth-order valence-corrected chi connectivity index (χ4v) is 7.00. The minimum absolute atomic E-state index is 0.0895. The molecule has 1 saturated carbocycles. The van der Waals surface area contributed by atoms with Gasteiger partial charge in [-0.05, 0) is 62.9 Å². The Morgan fingerprint density at radius 1 is 1.02 bits per heavy atom. The standard InChI is InChI=1S/C36H42N6O5/c1-22-34-33(39-35(42(34)17-16-37-22)24-10-13-26(14-11-24)41(23(2)43)18-19-45-4)25-12-15-28(32(20-25)47-6)38-36(44)30-21-27-29(40(30)3)8-7-9-31(27)46-5/h7-9,12,15-17,20-21,24,26H,10-11,13-14,18-19H2,1-6H3,(H,38,44). The van der Waals surface area contributed by atoms with E-state index >= 15 is 0 Å². The molecule has 1 aliphatic carbocycles. The Kier molecular flexibility index (Phi) is 9.17. The van der Waals surface area contributed by atoms with Gasteiger partial charge in [-0.25, -0.2) is 4.98 Å². The highest BCUT2D eigenvalue weighted by molar-refractivity contribution is 6.08. The molecule has 5 aromatic rings. The van der Waals surface area contributed by atoms with Gasteiger partial charge in [0.2, 0.25) is 5.91 Å². The van der Waals surface area contributed by atoms with Crippen LogP contribution in [0.1, 0.15) is 60.5 Å². The van der Waals surface area contributed by atoms with Gasteiger partial charge in [-0.3, -0.25) is 19.0 Å². The van der Waals surface area contributed by atoms with Crippen molar-refractivity contribution in [3.05, 3.63) is 72.1 Å². The molecule has 47 heavy (non-hydrogen) atoms. The predicted octanol–water partition coefficient (Wildman–Crippen LogP) is 5.99. The van der Waals surface area contributed by atoms with Crippen molar-refractivity contribution < 1.29 is 23.8 Å². The molecule has 0 spiro atoms. The van der Waals surface area contributed by atoms with Crippen molar-refractivity contribution >= 4 is 33.9 Å². The van der Waals surface area contributed by atoms with E-state index in [0.29, 0.717) is 36.0 Å². The number of imidazole rings is 1. The lowest BCUT2D eigenvalue weighted by atomic mass is 9.84. The second-order valence-corrected chi connectivity index (χ2v) is 12.1. The third-order valence-electron chi connectivity index (χ3n) is 9.43. The average Bonchev–Trinajstić information content (AvgIpc) is 3.64. The van der Waals surface area contributed by atoms with E-state index in [0.717, 1.165) is 64.9 Å². The molecule has 1 aliphatic rings. The van der Waals surface area contributed by atoms with Crippen molar-refractivity contribution in [1.29, 1.82) is 0 Å². The number of benzene rings is 2. The fraction of sp³-hybridized carbons (Fsp3) is 0.389.